The molecule has 0 aliphatic carbocycles. The van der Waals surface area contributed by atoms with Gasteiger partial charge in [0.05, 0.1) is 23.8 Å². The fourth-order valence-electron chi connectivity index (χ4n) is 3.83. The number of pyridine rings is 1. The van der Waals surface area contributed by atoms with Crippen molar-refractivity contribution in [1.29, 1.82) is 0 Å². The summed E-state index contributed by atoms with van der Waals surface area (Å²) in [5, 5.41) is 0. The van der Waals surface area contributed by atoms with E-state index in [0.29, 0.717) is 25.7 Å². The van der Waals surface area contributed by atoms with Crippen LogP contribution in [-0.4, -0.2) is 56.5 Å². The molecule has 0 bridgehead atoms. The Hall–Kier alpha value is -2.83. The second kappa shape index (κ2) is 9.32. The van der Waals surface area contributed by atoms with E-state index in [1.54, 1.807) is 33.5 Å². The maximum absolute atomic E-state index is 13.2. The number of fused-ring (bicyclic) bond motifs is 1. The molecule has 0 aromatic carbocycles. The van der Waals surface area contributed by atoms with Crippen LogP contribution in [0.4, 0.5) is 0 Å². The summed E-state index contributed by atoms with van der Waals surface area (Å²) >= 11 is 0. The molecular formula is C23H33N5O2. The van der Waals surface area contributed by atoms with Gasteiger partial charge in [-0.05, 0) is 32.3 Å². The Morgan fingerprint density at radius 1 is 1.30 bits per heavy atom. The second-order valence-electron chi connectivity index (χ2n) is 8.16. The van der Waals surface area contributed by atoms with E-state index in [1.165, 1.54) is 12.5 Å². The Morgan fingerprint density at radius 3 is 2.77 bits per heavy atom. The zero-order valence-electron chi connectivity index (χ0n) is 18.8. The van der Waals surface area contributed by atoms with Crippen LogP contribution in [0.5, 0.6) is 0 Å². The van der Waals surface area contributed by atoms with Gasteiger partial charge in [-0.3, -0.25) is 18.9 Å². The van der Waals surface area contributed by atoms with E-state index in [2.05, 4.69) is 42.9 Å². The maximum atomic E-state index is 13.2. The number of hydrogen-bond donors (Lipinski definition) is 0. The number of amides is 1. The Morgan fingerprint density at radius 2 is 2.07 bits per heavy atom. The molecule has 0 N–H and O–H groups in total. The number of imidazole rings is 1. The van der Waals surface area contributed by atoms with Gasteiger partial charge in [-0.15, -0.1) is 0 Å². The average molecular weight is 412 g/mol. The van der Waals surface area contributed by atoms with Crippen molar-refractivity contribution in [2.45, 2.75) is 59.2 Å². The number of carbonyl (C=O) groups is 1. The first-order chi connectivity index (χ1) is 14.3. The van der Waals surface area contributed by atoms with E-state index >= 15 is 0 Å². The highest BCUT2D eigenvalue weighted by Gasteiger charge is 2.24. The molecule has 2 aromatic rings. The van der Waals surface area contributed by atoms with E-state index in [9.17, 15) is 9.59 Å². The van der Waals surface area contributed by atoms with Crippen molar-refractivity contribution in [3.05, 3.63) is 52.4 Å². The number of rotatable bonds is 8. The van der Waals surface area contributed by atoms with E-state index < -0.39 is 0 Å². The number of hydrogen-bond acceptors (Lipinski definition) is 4. The summed E-state index contributed by atoms with van der Waals surface area (Å²) < 4.78 is 3.55. The fraction of sp³-hybridized carbons (Fsp3) is 0.522. The third-order valence-electron chi connectivity index (χ3n) is 6.26. The summed E-state index contributed by atoms with van der Waals surface area (Å²) in [5.74, 6) is -0.00964. The van der Waals surface area contributed by atoms with Crippen LogP contribution in [-0.2, 0) is 17.9 Å². The van der Waals surface area contributed by atoms with Crippen molar-refractivity contribution in [3.8, 4) is 0 Å². The van der Waals surface area contributed by atoms with Crippen LogP contribution < -0.4 is 5.69 Å². The predicted octanol–water partition coefficient (Wildman–Crippen LogP) is 3.01. The largest absolute Gasteiger partial charge is 0.373 e. The van der Waals surface area contributed by atoms with Gasteiger partial charge < -0.3 is 9.80 Å². The molecule has 1 aliphatic rings. The van der Waals surface area contributed by atoms with Crippen molar-refractivity contribution in [2.24, 2.45) is 0 Å². The number of carbonyl (C=O) groups excluding carboxylic acids is 1. The van der Waals surface area contributed by atoms with Gasteiger partial charge in [0, 0.05) is 52.0 Å². The molecule has 3 heterocycles. The van der Waals surface area contributed by atoms with Crippen molar-refractivity contribution in [1.82, 2.24) is 23.9 Å². The minimum absolute atomic E-state index is 0.00964. The average Bonchev–Trinajstić information content (AvgIpc) is 3.22. The highest BCUT2D eigenvalue weighted by molar-refractivity contribution is 5.75. The molecule has 3 rings (SSSR count). The molecule has 30 heavy (non-hydrogen) atoms. The van der Waals surface area contributed by atoms with Gasteiger partial charge in [0.1, 0.15) is 0 Å². The van der Waals surface area contributed by atoms with Gasteiger partial charge in [0.15, 0.2) is 0 Å². The lowest BCUT2D eigenvalue weighted by molar-refractivity contribution is -0.127. The molecule has 1 aliphatic heterocycles. The van der Waals surface area contributed by atoms with Crippen LogP contribution in [0.1, 0.15) is 40.0 Å². The molecule has 0 spiro atoms. The third-order valence-corrected chi connectivity index (χ3v) is 6.26. The van der Waals surface area contributed by atoms with Crippen molar-refractivity contribution in [3.63, 3.8) is 0 Å². The molecule has 0 fully saturated rings. The Balaban J connectivity index is 1.82. The van der Waals surface area contributed by atoms with Crippen LogP contribution in [0.2, 0.25) is 0 Å². The van der Waals surface area contributed by atoms with Crippen molar-refractivity contribution < 1.29 is 4.79 Å². The Labute approximate surface area is 178 Å². The van der Waals surface area contributed by atoms with Gasteiger partial charge >= 0.3 is 5.69 Å². The van der Waals surface area contributed by atoms with E-state index in [4.69, 9.17) is 0 Å². The maximum Gasteiger partial charge on any atom is 0.329 e. The molecule has 162 valence electrons. The lowest BCUT2D eigenvalue weighted by atomic mass is 10.1. The first kappa shape index (κ1) is 21.9. The van der Waals surface area contributed by atoms with Gasteiger partial charge in [-0.1, -0.05) is 24.6 Å². The SMILES string of the molecule is CCC(C)=CCC1CC=C(Cn2c(=O)n(CCN(C)C(C)=O)c3ccncc32)N1C. The summed E-state index contributed by atoms with van der Waals surface area (Å²) in [5.41, 5.74) is 4.19. The zero-order chi connectivity index (χ0) is 21.8. The topological polar surface area (TPSA) is 63.4 Å². The van der Waals surface area contributed by atoms with Crippen LogP contribution in [0.3, 0.4) is 0 Å². The summed E-state index contributed by atoms with van der Waals surface area (Å²) in [7, 11) is 3.87. The monoisotopic (exact) mass is 411 g/mol. The molecule has 0 saturated carbocycles. The van der Waals surface area contributed by atoms with E-state index in [-0.39, 0.29) is 11.6 Å². The van der Waals surface area contributed by atoms with E-state index in [0.717, 1.165) is 36.0 Å². The van der Waals surface area contributed by atoms with Gasteiger partial charge in [0.25, 0.3) is 0 Å². The minimum atomic E-state index is -0.0607. The van der Waals surface area contributed by atoms with Gasteiger partial charge in [-0.25, -0.2) is 4.79 Å². The standard InChI is InChI=1S/C23H33N5O2/c1-6-17(2)7-8-19-9-10-20(26(19)5)16-28-22-15-24-12-11-21(22)27(23(28)30)14-13-25(4)18(3)29/h7,10-12,15,19H,6,8-9,13-14,16H2,1-5H3. The molecule has 7 heteroatoms. The summed E-state index contributed by atoms with van der Waals surface area (Å²) in [4.78, 5) is 32.9. The normalized spacial score (nSPS) is 17.0. The summed E-state index contributed by atoms with van der Waals surface area (Å²) in [6.45, 7) is 7.37. The quantitative estimate of drug-likeness (QED) is 0.627. The Kier molecular flexibility index (Phi) is 6.80. The third kappa shape index (κ3) is 4.50. The van der Waals surface area contributed by atoms with Crippen LogP contribution in [0.15, 0.2) is 46.7 Å². The lowest BCUT2D eigenvalue weighted by Gasteiger charge is -2.25. The molecule has 0 radical (unpaired) electrons. The molecule has 2 aromatic heterocycles. The lowest BCUT2D eigenvalue weighted by Crippen LogP contribution is -2.33. The molecule has 1 unspecified atom stereocenters. The predicted molar refractivity (Wildman–Crippen MR) is 120 cm³/mol. The van der Waals surface area contributed by atoms with Crippen molar-refractivity contribution in [2.75, 3.05) is 20.6 Å². The fourth-order valence-corrected chi connectivity index (χ4v) is 3.83. The second-order valence-corrected chi connectivity index (χ2v) is 8.16. The molecular weight excluding hydrogens is 378 g/mol. The number of nitrogens with zero attached hydrogens (tertiary/aromatic N) is 5. The summed E-state index contributed by atoms with van der Waals surface area (Å²) in [6.07, 6.45) is 11.1. The smallest absolute Gasteiger partial charge is 0.329 e. The zero-order valence-corrected chi connectivity index (χ0v) is 18.8. The van der Waals surface area contributed by atoms with Crippen LogP contribution in [0, 0.1) is 0 Å². The molecule has 7 nitrogen and oxygen atoms in total. The van der Waals surface area contributed by atoms with E-state index in [1.807, 2.05) is 6.07 Å². The molecule has 1 atom stereocenters. The summed E-state index contributed by atoms with van der Waals surface area (Å²) in [6, 6.07) is 2.31. The highest BCUT2D eigenvalue weighted by Crippen LogP contribution is 2.25. The van der Waals surface area contributed by atoms with Crippen LogP contribution >= 0.6 is 0 Å². The Bertz CT molecular complexity index is 1030. The molecule has 1 amide bonds. The number of likely N-dealkylation sites (N-methyl/N-ethyl adjacent to an activating group) is 2. The van der Waals surface area contributed by atoms with Gasteiger partial charge in [-0.2, -0.15) is 0 Å². The molecule has 0 saturated heterocycles. The first-order valence-electron chi connectivity index (χ1n) is 10.7. The minimum Gasteiger partial charge on any atom is -0.373 e. The first-order valence-corrected chi connectivity index (χ1v) is 10.7. The highest BCUT2D eigenvalue weighted by atomic mass is 16.2. The van der Waals surface area contributed by atoms with Crippen molar-refractivity contribution >= 4 is 16.9 Å². The van der Waals surface area contributed by atoms with Gasteiger partial charge in [0.2, 0.25) is 5.91 Å². The number of aromatic nitrogens is 3. The van der Waals surface area contributed by atoms with Crippen LogP contribution in [0.25, 0.3) is 11.0 Å². The number of allylic oxidation sites excluding steroid dienone is 2.